The maximum atomic E-state index is 9.35. The minimum atomic E-state index is -1.78. The third-order valence-corrected chi connectivity index (χ3v) is 11.0. The quantitative estimate of drug-likeness (QED) is 0.285. The van der Waals surface area contributed by atoms with E-state index in [4.69, 9.17) is 0 Å². The van der Waals surface area contributed by atoms with Crippen molar-refractivity contribution in [2.75, 3.05) is 0 Å². The van der Waals surface area contributed by atoms with Gasteiger partial charge in [-0.2, -0.15) is 0 Å². The third kappa shape index (κ3) is 4.05. The molecular weight excluding hydrogens is 388 g/mol. The van der Waals surface area contributed by atoms with Crippen molar-refractivity contribution in [2.24, 2.45) is 46.3 Å². The van der Waals surface area contributed by atoms with E-state index in [0.717, 1.165) is 42.4 Å². The van der Waals surface area contributed by atoms with Gasteiger partial charge in [-0.15, -0.1) is 0 Å². The first kappa shape index (κ1) is 23.4. The molecule has 4 aliphatic rings. The second-order valence-electron chi connectivity index (χ2n) is 12.2. The van der Waals surface area contributed by atoms with E-state index in [9.17, 15) is 20.4 Å². The van der Waals surface area contributed by atoms with Crippen LogP contribution in [0.3, 0.4) is 0 Å². The Balaban J connectivity index is 1.41. The van der Waals surface area contributed by atoms with Crippen molar-refractivity contribution >= 4 is 0 Å². The van der Waals surface area contributed by atoms with Crippen molar-refractivity contribution in [3.8, 4) is 0 Å². The highest BCUT2D eigenvalue weighted by atomic mass is 16.5. The molecule has 178 valence electrons. The molecule has 0 spiro atoms. The first-order valence-electron chi connectivity index (χ1n) is 13.2. The predicted octanol–water partition coefficient (Wildman–Crippen LogP) is 6.48. The fraction of sp³-hybridized carbons (Fsp3) is 0.926. The molecular formula is C27H46O4. The number of hydrogen-bond acceptors (Lipinski definition) is 4. The van der Waals surface area contributed by atoms with Crippen molar-refractivity contribution < 1.29 is 20.4 Å². The summed E-state index contributed by atoms with van der Waals surface area (Å²) in [7, 11) is 0. The SMILES string of the molecule is C[C@H](CCCC(=C(O)O)C(O)O)[C@H]1CC[C@H]2[C@@H]3CC[C@@H]4CCCC[C@]4(C)[C@H]3CC[C@]12C. The summed E-state index contributed by atoms with van der Waals surface area (Å²) >= 11 is 0. The summed E-state index contributed by atoms with van der Waals surface area (Å²) < 4.78 is 0. The van der Waals surface area contributed by atoms with E-state index in [2.05, 4.69) is 20.8 Å². The summed E-state index contributed by atoms with van der Waals surface area (Å²) in [6.07, 6.45) is 14.6. The number of aliphatic hydroxyl groups excluding tert-OH is 2. The van der Waals surface area contributed by atoms with E-state index >= 15 is 0 Å². The van der Waals surface area contributed by atoms with E-state index < -0.39 is 12.2 Å². The van der Waals surface area contributed by atoms with Gasteiger partial charge in [0, 0.05) is 0 Å². The summed E-state index contributed by atoms with van der Waals surface area (Å²) in [5.74, 6) is 4.15. The molecule has 4 heteroatoms. The molecule has 0 aromatic heterocycles. The minimum absolute atomic E-state index is 0.0549. The Bertz CT molecular complexity index is 668. The topological polar surface area (TPSA) is 80.9 Å². The van der Waals surface area contributed by atoms with Crippen molar-refractivity contribution in [3.05, 3.63) is 11.5 Å². The number of rotatable bonds is 6. The Morgan fingerprint density at radius 3 is 2.32 bits per heavy atom. The van der Waals surface area contributed by atoms with E-state index in [1.54, 1.807) is 0 Å². The molecule has 4 fully saturated rings. The highest BCUT2D eigenvalue weighted by Gasteiger charge is 2.60. The molecule has 0 aromatic carbocycles. The number of hydrogen-bond donors (Lipinski definition) is 4. The summed E-state index contributed by atoms with van der Waals surface area (Å²) in [5, 5.41) is 37.3. The lowest BCUT2D eigenvalue weighted by atomic mass is 9.44. The van der Waals surface area contributed by atoms with Crippen LogP contribution in [0, 0.1) is 46.3 Å². The number of fused-ring (bicyclic) bond motifs is 5. The lowest BCUT2D eigenvalue weighted by Gasteiger charge is -2.61. The zero-order chi connectivity index (χ0) is 22.4. The van der Waals surface area contributed by atoms with Gasteiger partial charge in [-0.3, -0.25) is 0 Å². The van der Waals surface area contributed by atoms with Crippen molar-refractivity contribution in [2.45, 2.75) is 111 Å². The van der Waals surface area contributed by atoms with Gasteiger partial charge in [-0.1, -0.05) is 40.0 Å². The molecule has 4 N–H and O–H groups in total. The molecule has 8 atom stereocenters. The molecule has 0 unspecified atom stereocenters. The van der Waals surface area contributed by atoms with Gasteiger partial charge in [0.2, 0.25) is 0 Å². The van der Waals surface area contributed by atoms with Crippen LogP contribution in [0.25, 0.3) is 0 Å². The summed E-state index contributed by atoms with van der Waals surface area (Å²) in [6, 6.07) is 0. The monoisotopic (exact) mass is 434 g/mol. The second kappa shape index (κ2) is 8.89. The maximum absolute atomic E-state index is 9.35. The fourth-order valence-corrected chi connectivity index (χ4v) is 9.44. The zero-order valence-electron chi connectivity index (χ0n) is 20.0. The van der Waals surface area contributed by atoms with Gasteiger partial charge >= 0.3 is 0 Å². The van der Waals surface area contributed by atoms with Crippen LogP contribution in [0.2, 0.25) is 0 Å². The van der Waals surface area contributed by atoms with Crippen molar-refractivity contribution in [1.29, 1.82) is 0 Å². The summed E-state index contributed by atoms with van der Waals surface area (Å²) in [4.78, 5) is 0. The van der Waals surface area contributed by atoms with Crippen LogP contribution in [0.5, 0.6) is 0 Å². The zero-order valence-corrected chi connectivity index (χ0v) is 20.0. The van der Waals surface area contributed by atoms with Gasteiger partial charge in [0.25, 0.3) is 5.95 Å². The summed E-state index contributed by atoms with van der Waals surface area (Å²) in [5.41, 5.74) is 1.000. The van der Waals surface area contributed by atoms with Gasteiger partial charge in [0.1, 0.15) is 0 Å². The average Bonchev–Trinajstić information content (AvgIpc) is 3.07. The Labute approximate surface area is 189 Å². The summed E-state index contributed by atoms with van der Waals surface area (Å²) in [6.45, 7) is 7.63. The van der Waals surface area contributed by atoms with Gasteiger partial charge in [0.15, 0.2) is 6.29 Å². The molecule has 0 amide bonds. The molecule has 0 aromatic rings. The molecule has 0 radical (unpaired) electrons. The average molecular weight is 435 g/mol. The molecule has 4 nitrogen and oxygen atoms in total. The largest absolute Gasteiger partial charge is 0.481 e. The molecule has 0 heterocycles. The van der Waals surface area contributed by atoms with Gasteiger partial charge in [0.05, 0.1) is 5.57 Å². The standard InChI is InChI=1S/C27H46O4/c1-17(7-6-9-20(24(28)29)25(30)31)21-12-13-22-19-11-10-18-8-4-5-15-26(18,2)23(19)14-16-27(21,22)3/h17-19,21-24,28-31H,4-16H2,1-3H3/t17-,18+,19+,21-,22+,23+,26+,27-/m1/s1. The lowest BCUT2D eigenvalue weighted by molar-refractivity contribution is -0.114. The van der Waals surface area contributed by atoms with E-state index in [0.29, 0.717) is 23.2 Å². The minimum Gasteiger partial charge on any atom is -0.481 e. The van der Waals surface area contributed by atoms with Crippen LogP contribution in [0.4, 0.5) is 0 Å². The first-order chi connectivity index (χ1) is 14.7. The molecule has 0 aliphatic heterocycles. The van der Waals surface area contributed by atoms with E-state index in [1.807, 2.05) is 0 Å². The lowest BCUT2D eigenvalue weighted by Crippen LogP contribution is -2.53. The number of aliphatic hydroxyl groups is 4. The van der Waals surface area contributed by atoms with Gasteiger partial charge in [-0.05, 0) is 111 Å². The molecule has 0 bridgehead atoms. The Morgan fingerprint density at radius 2 is 1.61 bits per heavy atom. The first-order valence-corrected chi connectivity index (χ1v) is 13.2. The Kier molecular flexibility index (Phi) is 6.72. The van der Waals surface area contributed by atoms with Crippen LogP contribution in [0.15, 0.2) is 11.5 Å². The van der Waals surface area contributed by atoms with Gasteiger partial charge in [-0.25, -0.2) is 0 Å². The molecule has 4 rings (SSSR count). The second-order valence-corrected chi connectivity index (χ2v) is 12.2. The van der Waals surface area contributed by atoms with E-state index in [1.165, 1.54) is 64.2 Å². The fourth-order valence-electron chi connectivity index (χ4n) is 9.44. The van der Waals surface area contributed by atoms with Crippen LogP contribution in [-0.4, -0.2) is 26.7 Å². The molecule has 31 heavy (non-hydrogen) atoms. The van der Waals surface area contributed by atoms with E-state index in [-0.39, 0.29) is 5.57 Å². The van der Waals surface area contributed by atoms with Crippen LogP contribution < -0.4 is 0 Å². The highest BCUT2D eigenvalue weighted by molar-refractivity contribution is 5.09. The Hall–Kier alpha value is -0.740. The highest BCUT2D eigenvalue weighted by Crippen LogP contribution is 2.68. The van der Waals surface area contributed by atoms with Crippen LogP contribution >= 0.6 is 0 Å². The molecule has 4 saturated carbocycles. The third-order valence-electron chi connectivity index (χ3n) is 11.0. The van der Waals surface area contributed by atoms with Crippen molar-refractivity contribution in [3.63, 3.8) is 0 Å². The molecule has 4 aliphatic carbocycles. The van der Waals surface area contributed by atoms with Crippen molar-refractivity contribution in [1.82, 2.24) is 0 Å². The van der Waals surface area contributed by atoms with Gasteiger partial charge < -0.3 is 20.4 Å². The smallest absolute Gasteiger partial charge is 0.278 e. The normalized spacial score (nSPS) is 43.1. The van der Waals surface area contributed by atoms with Crippen LogP contribution in [0.1, 0.15) is 104 Å². The Morgan fingerprint density at radius 1 is 0.871 bits per heavy atom. The maximum Gasteiger partial charge on any atom is 0.278 e. The molecule has 0 saturated heterocycles. The predicted molar refractivity (Wildman–Crippen MR) is 123 cm³/mol. The van der Waals surface area contributed by atoms with Crippen LogP contribution in [-0.2, 0) is 0 Å².